The van der Waals surface area contributed by atoms with Crippen molar-refractivity contribution < 1.29 is 9.21 Å². The number of aryl methyl sites for hydroxylation is 1. The Labute approximate surface area is 137 Å². The maximum atomic E-state index is 12.3. The average Bonchev–Trinajstić information content (AvgIpc) is 2.84. The average molecular weight is 314 g/mol. The van der Waals surface area contributed by atoms with E-state index in [0.717, 1.165) is 35.5 Å². The Morgan fingerprint density at radius 2 is 2.00 bits per heavy atom. The fourth-order valence-corrected chi connectivity index (χ4v) is 3.22. The lowest BCUT2D eigenvalue weighted by Crippen LogP contribution is -2.32. The molecule has 1 amide bonds. The number of nitrogens with one attached hydrogen (secondary N) is 1. The fourth-order valence-electron chi connectivity index (χ4n) is 3.22. The highest BCUT2D eigenvalue weighted by Crippen LogP contribution is 2.31. The van der Waals surface area contributed by atoms with E-state index in [9.17, 15) is 4.79 Å². The van der Waals surface area contributed by atoms with Crippen molar-refractivity contribution in [2.45, 2.75) is 46.6 Å². The molecule has 1 aliphatic rings. The van der Waals surface area contributed by atoms with Gasteiger partial charge in [0.2, 0.25) is 0 Å². The minimum absolute atomic E-state index is 0.0982. The second-order valence-electron chi connectivity index (χ2n) is 7.03. The van der Waals surface area contributed by atoms with Crippen LogP contribution in [0, 0.1) is 12.8 Å². The molecule has 23 heavy (non-hydrogen) atoms. The number of benzene rings is 1. The smallest absolute Gasteiger partial charge is 0.287 e. The second-order valence-corrected chi connectivity index (χ2v) is 7.03. The first-order valence-corrected chi connectivity index (χ1v) is 8.54. The van der Waals surface area contributed by atoms with Crippen molar-refractivity contribution in [3.63, 3.8) is 0 Å². The molecule has 0 unspecified atom stereocenters. The van der Waals surface area contributed by atoms with Gasteiger partial charge in [-0.2, -0.15) is 0 Å². The van der Waals surface area contributed by atoms with Crippen molar-refractivity contribution in [3.8, 4) is 0 Å². The summed E-state index contributed by atoms with van der Waals surface area (Å²) in [5.74, 6) is 1.11. The van der Waals surface area contributed by atoms with Crippen molar-refractivity contribution in [2.24, 2.45) is 5.92 Å². The van der Waals surface area contributed by atoms with Crippen molar-refractivity contribution in [3.05, 3.63) is 29.5 Å². The van der Waals surface area contributed by atoms with Gasteiger partial charge in [0.15, 0.2) is 5.76 Å². The quantitative estimate of drug-likeness (QED) is 0.927. The van der Waals surface area contributed by atoms with Gasteiger partial charge in [0.1, 0.15) is 5.58 Å². The molecule has 1 aliphatic heterocycles. The van der Waals surface area contributed by atoms with E-state index in [-0.39, 0.29) is 11.9 Å². The highest BCUT2D eigenvalue weighted by molar-refractivity contribution is 5.99. The Kier molecular flexibility index (Phi) is 4.33. The van der Waals surface area contributed by atoms with Gasteiger partial charge in [-0.3, -0.25) is 4.79 Å². The molecule has 1 N–H and O–H groups in total. The van der Waals surface area contributed by atoms with Crippen molar-refractivity contribution in [1.29, 1.82) is 0 Å². The first kappa shape index (κ1) is 15.9. The summed E-state index contributed by atoms with van der Waals surface area (Å²) in [6.45, 7) is 10.4. The summed E-state index contributed by atoms with van der Waals surface area (Å²) >= 11 is 0. The Morgan fingerprint density at radius 3 is 2.65 bits per heavy atom. The number of hydrogen-bond acceptors (Lipinski definition) is 3. The molecule has 2 heterocycles. The molecule has 124 valence electrons. The summed E-state index contributed by atoms with van der Waals surface area (Å²) in [6.07, 6.45) is 2.48. The number of carbonyl (C=O) groups is 1. The first-order valence-electron chi connectivity index (χ1n) is 8.54. The zero-order valence-corrected chi connectivity index (χ0v) is 14.5. The Bertz CT molecular complexity index is 709. The van der Waals surface area contributed by atoms with E-state index in [2.05, 4.69) is 29.3 Å². The third kappa shape index (κ3) is 3.21. The van der Waals surface area contributed by atoms with E-state index < -0.39 is 0 Å². The third-order valence-electron chi connectivity index (χ3n) is 4.69. The molecule has 4 nitrogen and oxygen atoms in total. The largest absolute Gasteiger partial charge is 0.451 e. The maximum absolute atomic E-state index is 12.3. The van der Waals surface area contributed by atoms with Crippen LogP contribution in [0.2, 0.25) is 0 Å². The molecule has 1 aromatic carbocycles. The van der Waals surface area contributed by atoms with E-state index in [1.807, 2.05) is 26.8 Å². The number of amides is 1. The number of anilines is 1. The van der Waals surface area contributed by atoms with Crippen LogP contribution in [-0.4, -0.2) is 25.0 Å². The third-order valence-corrected chi connectivity index (χ3v) is 4.69. The molecule has 0 atom stereocenters. The number of carbonyl (C=O) groups excluding carboxylic acids is 1. The molecule has 0 radical (unpaired) electrons. The number of hydrogen-bond donors (Lipinski definition) is 1. The summed E-state index contributed by atoms with van der Waals surface area (Å²) in [6, 6.07) is 6.35. The molecule has 0 spiro atoms. The van der Waals surface area contributed by atoms with Gasteiger partial charge in [-0.1, -0.05) is 6.92 Å². The fraction of sp³-hybridized carbons (Fsp3) is 0.526. The zero-order chi connectivity index (χ0) is 16.6. The predicted octanol–water partition coefficient (Wildman–Crippen LogP) is 4.12. The summed E-state index contributed by atoms with van der Waals surface area (Å²) in [5, 5.41) is 3.94. The lowest BCUT2D eigenvalue weighted by molar-refractivity contribution is 0.0916. The molecule has 1 aromatic heterocycles. The van der Waals surface area contributed by atoms with E-state index >= 15 is 0 Å². The van der Waals surface area contributed by atoms with E-state index in [1.54, 1.807) is 0 Å². The number of fused-ring (bicyclic) bond motifs is 1. The molecule has 2 aromatic rings. The van der Waals surface area contributed by atoms with E-state index in [0.29, 0.717) is 5.76 Å². The van der Waals surface area contributed by atoms with Crippen LogP contribution in [0.5, 0.6) is 0 Å². The molecule has 3 rings (SSSR count). The summed E-state index contributed by atoms with van der Waals surface area (Å²) < 4.78 is 5.79. The van der Waals surface area contributed by atoms with Crippen LogP contribution in [0.25, 0.3) is 11.0 Å². The second kappa shape index (κ2) is 6.26. The highest BCUT2D eigenvalue weighted by Gasteiger charge is 2.20. The minimum atomic E-state index is -0.137. The summed E-state index contributed by atoms with van der Waals surface area (Å²) in [4.78, 5) is 14.7. The molecule has 0 saturated carbocycles. The van der Waals surface area contributed by atoms with Gasteiger partial charge in [-0.05, 0) is 57.7 Å². The minimum Gasteiger partial charge on any atom is -0.451 e. The maximum Gasteiger partial charge on any atom is 0.287 e. The van der Waals surface area contributed by atoms with Gasteiger partial charge in [-0.25, -0.2) is 0 Å². The Balaban J connectivity index is 1.91. The normalized spacial score (nSPS) is 16.3. The van der Waals surface area contributed by atoms with Gasteiger partial charge in [-0.15, -0.1) is 0 Å². The van der Waals surface area contributed by atoms with Crippen molar-refractivity contribution in [2.75, 3.05) is 18.0 Å². The van der Waals surface area contributed by atoms with Gasteiger partial charge in [0.05, 0.1) is 0 Å². The van der Waals surface area contributed by atoms with Crippen LogP contribution in [0.1, 0.15) is 49.7 Å². The van der Waals surface area contributed by atoms with Crippen molar-refractivity contribution >= 4 is 22.6 Å². The summed E-state index contributed by atoms with van der Waals surface area (Å²) in [7, 11) is 0. The number of furan rings is 1. The Morgan fingerprint density at radius 1 is 1.30 bits per heavy atom. The van der Waals surface area contributed by atoms with Gasteiger partial charge < -0.3 is 14.6 Å². The van der Waals surface area contributed by atoms with Crippen LogP contribution >= 0.6 is 0 Å². The highest BCUT2D eigenvalue weighted by atomic mass is 16.3. The lowest BCUT2D eigenvalue weighted by atomic mass is 9.98. The van der Waals surface area contributed by atoms with Crippen LogP contribution in [0.15, 0.2) is 22.6 Å². The van der Waals surface area contributed by atoms with Gasteiger partial charge in [0.25, 0.3) is 5.91 Å². The van der Waals surface area contributed by atoms with Gasteiger partial charge >= 0.3 is 0 Å². The molecule has 0 bridgehead atoms. The standard InChI is InChI=1S/C19H26N2O2/c1-12(2)20-19(22)18-14(4)16-11-15(5-6-17(16)23-18)21-9-7-13(3)8-10-21/h5-6,11-13H,7-10H2,1-4H3,(H,20,22). The van der Waals surface area contributed by atoms with Gasteiger partial charge in [0, 0.05) is 35.8 Å². The summed E-state index contributed by atoms with van der Waals surface area (Å²) in [5.41, 5.74) is 2.93. The van der Waals surface area contributed by atoms with E-state index in [1.165, 1.54) is 18.5 Å². The van der Waals surface area contributed by atoms with Crippen molar-refractivity contribution in [1.82, 2.24) is 5.32 Å². The van der Waals surface area contributed by atoms with Crippen LogP contribution in [0.3, 0.4) is 0 Å². The van der Waals surface area contributed by atoms with Crippen LogP contribution in [-0.2, 0) is 0 Å². The molecule has 4 heteroatoms. The topological polar surface area (TPSA) is 45.5 Å². The lowest BCUT2D eigenvalue weighted by Gasteiger charge is -2.32. The molecule has 1 saturated heterocycles. The molecular formula is C19H26N2O2. The predicted molar refractivity (Wildman–Crippen MR) is 94.2 cm³/mol. The van der Waals surface area contributed by atoms with Crippen LogP contribution < -0.4 is 10.2 Å². The van der Waals surface area contributed by atoms with Crippen LogP contribution in [0.4, 0.5) is 5.69 Å². The SMILES string of the molecule is Cc1c(C(=O)NC(C)C)oc2ccc(N3CCC(C)CC3)cc12. The van der Waals surface area contributed by atoms with E-state index in [4.69, 9.17) is 4.42 Å². The monoisotopic (exact) mass is 314 g/mol. The molecule has 1 fully saturated rings. The molecule has 0 aliphatic carbocycles. The number of piperidine rings is 1. The first-order chi connectivity index (χ1) is 11.0. The zero-order valence-electron chi connectivity index (χ0n) is 14.5. The Hall–Kier alpha value is -1.97. The number of nitrogens with zero attached hydrogens (tertiary/aromatic N) is 1. The molecular weight excluding hydrogens is 288 g/mol. The number of rotatable bonds is 3.